The second kappa shape index (κ2) is 15.4. The van der Waals surface area contributed by atoms with Crippen molar-refractivity contribution >= 4 is 30.0 Å². The maximum atomic E-state index is 5.63. The first kappa shape index (κ1) is 35.1. The van der Waals surface area contributed by atoms with Crippen molar-refractivity contribution in [3.63, 3.8) is 0 Å². The van der Waals surface area contributed by atoms with Crippen LogP contribution in [0.5, 0.6) is 51.7 Å². The van der Waals surface area contributed by atoms with Gasteiger partial charge in [0.25, 0.3) is 5.78 Å². The standard InChI is InChI=1S/C36H39N5O9/c1-20-24(12-11-21-13-25(42-2)32(48-8)26(14-21)43-3)38-36-39-31(23-17-29(46-6)34(50-10)30(18-23)47-7)35(41(36)40-20)37-19-22-15-27(44-4)33(49-9)28(16-22)45-5/h11-19H,1-10H3/b12-11+,37-19+. The highest BCUT2D eigenvalue weighted by molar-refractivity contribution is 5.87. The number of imidazole rings is 1. The minimum Gasteiger partial charge on any atom is -0.493 e. The lowest BCUT2D eigenvalue weighted by atomic mass is 10.1. The van der Waals surface area contributed by atoms with Gasteiger partial charge in [0.2, 0.25) is 17.2 Å². The van der Waals surface area contributed by atoms with Crippen LogP contribution in [0.1, 0.15) is 22.5 Å². The summed E-state index contributed by atoms with van der Waals surface area (Å²) >= 11 is 0. The smallest absolute Gasteiger partial charge is 0.253 e. The topological polar surface area (TPSA) is 139 Å². The van der Waals surface area contributed by atoms with Gasteiger partial charge in [-0.2, -0.15) is 9.61 Å². The average molecular weight is 686 g/mol. The van der Waals surface area contributed by atoms with Gasteiger partial charge in [-0.1, -0.05) is 6.08 Å². The molecule has 14 heteroatoms. The zero-order valence-electron chi connectivity index (χ0n) is 29.6. The Morgan fingerprint density at radius 1 is 0.540 bits per heavy atom. The van der Waals surface area contributed by atoms with E-state index in [-0.39, 0.29) is 0 Å². The second-order valence-electron chi connectivity index (χ2n) is 10.5. The minimum atomic E-state index is 0.306. The third kappa shape index (κ3) is 6.72. The Morgan fingerprint density at radius 3 is 1.42 bits per heavy atom. The molecule has 50 heavy (non-hydrogen) atoms. The van der Waals surface area contributed by atoms with Crippen molar-refractivity contribution in [1.82, 2.24) is 19.6 Å². The highest BCUT2D eigenvalue weighted by atomic mass is 16.5. The van der Waals surface area contributed by atoms with Gasteiger partial charge in [-0.3, -0.25) is 0 Å². The van der Waals surface area contributed by atoms with Crippen molar-refractivity contribution in [2.24, 2.45) is 4.99 Å². The largest absolute Gasteiger partial charge is 0.493 e. The first-order valence-electron chi connectivity index (χ1n) is 15.2. The molecule has 5 rings (SSSR count). The molecule has 0 radical (unpaired) electrons. The molecule has 0 N–H and O–H groups in total. The van der Waals surface area contributed by atoms with Crippen LogP contribution in [0.3, 0.4) is 0 Å². The molecular weight excluding hydrogens is 646 g/mol. The summed E-state index contributed by atoms with van der Waals surface area (Å²) < 4.78 is 51.4. The summed E-state index contributed by atoms with van der Waals surface area (Å²) in [6, 6.07) is 10.8. The lowest BCUT2D eigenvalue weighted by molar-refractivity contribution is 0.324. The Kier molecular flexibility index (Phi) is 10.8. The van der Waals surface area contributed by atoms with Crippen molar-refractivity contribution in [2.75, 3.05) is 64.0 Å². The van der Waals surface area contributed by atoms with Crippen LogP contribution in [0, 0.1) is 6.92 Å². The van der Waals surface area contributed by atoms with Crippen LogP contribution in [0.15, 0.2) is 41.4 Å². The first-order chi connectivity index (χ1) is 24.3. The van der Waals surface area contributed by atoms with Gasteiger partial charge in [0.1, 0.15) is 5.69 Å². The fourth-order valence-corrected chi connectivity index (χ4v) is 5.32. The summed E-state index contributed by atoms with van der Waals surface area (Å²) in [5.74, 6) is 5.04. The van der Waals surface area contributed by atoms with Crippen LogP contribution in [0.4, 0.5) is 5.82 Å². The van der Waals surface area contributed by atoms with Crippen LogP contribution in [0.2, 0.25) is 0 Å². The molecule has 0 aliphatic carbocycles. The Labute approximate surface area is 289 Å². The molecule has 0 saturated heterocycles. The van der Waals surface area contributed by atoms with Crippen molar-refractivity contribution < 1.29 is 42.6 Å². The van der Waals surface area contributed by atoms with Gasteiger partial charge in [-0.05, 0) is 55.0 Å². The predicted molar refractivity (Wildman–Crippen MR) is 189 cm³/mol. The van der Waals surface area contributed by atoms with Crippen LogP contribution < -0.4 is 42.6 Å². The molecule has 2 aromatic heterocycles. The maximum Gasteiger partial charge on any atom is 0.253 e. The highest BCUT2D eigenvalue weighted by Crippen LogP contribution is 2.44. The summed E-state index contributed by atoms with van der Waals surface area (Å²) in [6.07, 6.45) is 5.38. The molecule has 0 aliphatic heterocycles. The number of benzene rings is 3. The van der Waals surface area contributed by atoms with Gasteiger partial charge < -0.3 is 42.6 Å². The Morgan fingerprint density at radius 2 is 0.980 bits per heavy atom. The molecule has 0 unspecified atom stereocenters. The number of hydrogen-bond donors (Lipinski definition) is 0. The predicted octanol–water partition coefficient (Wildman–Crippen LogP) is 6.10. The molecule has 262 valence electrons. The van der Waals surface area contributed by atoms with Crippen LogP contribution >= 0.6 is 0 Å². The molecule has 0 bridgehead atoms. The molecule has 0 amide bonds. The van der Waals surface area contributed by atoms with E-state index in [4.69, 9.17) is 62.7 Å². The van der Waals surface area contributed by atoms with E-state index in [2.05, 4.69) is 0 Å². The van der Waals surface area contributed by atoms with Crippen molar-refractivity contribution in [3.8, 4) is 63.0 Å². The summed E-state index contributed by atoms with van der Waals surface area (Å²) in [5, 5.41) is 4.86. The van der Waals surface area contributed by atoms with Crippen LogP contribution in [-0.2, 0) is 0 Å². The molecule has 3 aromatic carbocycles. The Hall–Kier alpha value is -6.18. The zero-order valence-corrected chi connectivity index (χ0v) is 29.6. The number of hydrogen-bond acceptors (Lipinski definition) is 13. The minimum absolute atomic E-state index is 0.306. The van der Waals surface area contributed by atoms with Gasteiger partial charge in [0.15, 0.2) is 40.3 Å². The molecule has 0 spiro atoms. The van der Waals surface area contributed by atoms with Gasteiger partial charge in [-0.25, -0.2) is 15.0 Å². The summed E-state index contributed by atoms with van der Waals surface area (Å²) in [5.41, 5.74) is 3.80. The molecule has 0 atom stereocenters. The van der Waals surface area contributed by atoms with Crippen LogP contribution in [0.25, 0.3) is 29.2 Å². The monoisotopic (exact) mass is 685 g/mol. The molecule has 2 heterocycles. The Balaban J connectivity index is 1.69. The molecule has 5 aromatic rings. The third-order valence-electron chi connectivity index (χ3n) is 7.74. The fraction of sp³-hybridized carbons (Fsp3) is 0.278. The lowest BCUT2D eigenvalue weighted by Crippen LogP contribution is -2.01. The number of ether oxygens (including phenoxy) is 9. The van der Waals surface area contributed by atoms with Gasteiger partial charge >= 0.3 is 0 Å². The first-order valence-corrected chi connectivity index (χ1v) is 15.2. The number of aromatic nitrogens is 4. The molecule has 14 nitrogen and oxygen atoms in total. The normalized spacial score (nSPS) is 11.2. The summed E-state index contributed by atoms with van der Waals surface area (Å²) in [6.45, 7) is 1.85. The van der Waals surface area contributed by atoms with E-state index in [1.165, 1.54) is 0 Å². The van der Waals surface area contributed by atoms with E-state index >= 15 is 0 Å². The van der Waals surface area contributed by atoms with Gasteiger partial charge in [0, 0.05) is 17.3 Å². The summed E-state index contributed by atoms with van der Waals surface area (Å²) in [7, 11) is 14.0. The molecular formula is C36H39N5O9. The second-order valence-corrected chi connectivity index (χ2v) is 10.5. The number of aliphatic imine (C=N–C) groups is 1. The van der Waals surface area contributed by atoms with Crippen molar-refractivity contribution in [3.05, 3.63) is 58.9 Å². The maximum absolute atomic E-state index is 5.63. The van der Waals surface area contributed by atoms with E-state index in [1.807, 2.05) is 31.2 Å². The number of nitrogens with zero attached hydrogens (tertiary/aromatic N) is 5. The number of fused-ring (bicyclic) bond motifs is 1. The Bertz CT molecular complexity index is 2000. The van der Waals surface area contributed by atoms with E-state index in [1.54, 1.807) is 99.0 Å². The summed E-state index contributed by atoms with van der Waals surface area (Å²) in [4.78, 5) is 14.6. The third-order valence-corrected chi connectivity index (χ3v) is 7.74. The average Bonchev–Trinajstić information content (AvgIpc) is 3.50. The highest BCUT2D eigenvalue weighted by Gasteiger charge is 2.22. The van der Waals surface area contributed by atoms with E-state index in [9.17, 15) is 0 Å². The number of rotatable bonds is 14. The molecule has 0 saturated carbocycles. The number of aryl methyl sites for hydroxylation is 1. The van der Waals surface area contributed by atoms with E-state index in [0.717, 1.165) is 5.56 Å². The van der Waals surface area contributed by atoms with Crippen molar-refractivity contribution in [2.45, 2.75) is 6.92 Å². The fourth-order valence-electron chi connectivity index (χ4n) is 5.32. The van der Waals surface area contributed by atoms with E-state index in [0.29, 0.717) is 91.5 Å². The van der Waals surface area contributed by atoms with Crippen LogP contribution in [-0.4, -0.2) is 89.8 Å². The van der Waals surface area contributed by atoms with Gasteiger partial charge in [0.05, 0.1) is 75.4 Å². The van der Waals surface area contributed by atoms with Crippen molar-refractivity contribution in [1.29, 1.82) is 0 Å². The number of methoxy groups -OCH3 is 9. The zero-order chi connectivity index (χ0) is 35.9. The SMILES string of the molecule is COc1cc(/C=C/c2nc3nc(-c4cc(OC)c(OC)c(OC)c4)c(/N=C/c4cc(OC)c(OC)c(OC)c4)n3nc2C)cc(OC)c1OC. The van der Waals surface area contributed by atoms with E-state index < -0.39 is 0 Å². The lowest BCUT2D eigenvalue weighted by Gasteiger charge is -2.13. The molecule has 0 fully saturated rings. The molecule has 0 aliphatic rings. The van der Waals surface area contributed by atoms with Gasteiger partial charge in [-0.15, -0.1) is 0 Å². The quantitative estimate of drug-likeness (QED) is 0.125.